The normalized spacial score (nSPS) is 10.9. The van der Waals surface area contributed by atoms with Crippen LogP contribution in [0.2, 0.25) is 0 Å². The van der Waals surface area contributed by atoms with Crippen molar-refractivity contribution in [2.45, 2.75) is 19.9 Å². The number of nitroso groups, excluding NO2 is 1. The maximum atomic E-state index is 4.34. The number of hydroxylamine groups is 1. The Kier molecular flexibility index (Phi) is 3.28. The molecule has 42 valence electrons. The maximum Gasteiger partial charge on any atom is 0.0456 e. The summed E-state index contributed by atoms with van der Waals surface area (Å²) >= 11 is 0. The first-order valence-electron chi connectivity index (χ1n) is 2.23. The Morgan fingerprint density at radius 1 is 1.57 bits per heavy atom. The van der Waals surface area contributed by atoms with Crippen LogP contribution in [-0.4, -0.2) is 13.1 Å². The Hall–Kier alpha value is -0.600. The molecule has 0 saturated carbocycles. The molecular weight excluding hydrogens is 92.1 g/mol. The third-order valence-electron chi connectivity index (χ3n) is 0.340. The Labute approximate surface area is 43.4 Å². The Morgan fingerprint density at radius 2 is 2.14 bits per heavy atom. The Balaban J connectivity index is 3.08. The van der Waals surface area contributed by atoms with Crippen molar-refractivity contribution in [2.24, 2.45) is 5.18 Å². The van der Waals surface area contributed by atoms with E-state index in [1.165, 1.54) is 0 Å². The predicted octanol–water partition coefficient (Wildman–Crippen LogP) is 1.62. The van der Waals surface area contributed by atoms with Crippen molar-refractivity contribution in [3.8, 4) is 0 Å². The Morgan fingerprint density at radius 3 is 2.29 bits per heavy atom. The van der Waals surface area contributed by atoms with E-state index in [1.807, 2.05) is 13.8 Å². The van der Waals surface area contributed by atoms with Crippen LogP contribution in [0, 0.1) is 4.64 Å². The highest BCUT2D eigenvalue weighted by molar-refractivity contribution is 4.78. The van der Waals surface area contributed by atoms with Crippen LogP contribution in [0.5, 0.6) is 0 Å². The molecule has 0 aliphatic carbocycles. The van der Waals surface area contributed by atoms with Gasteiger partial charge in [0.1, 0.15) is 0 Å². The lowest BCUT2D eigenvalue weighted by Crippen LogP contribution is -1.84. The van der Waals surface area contributed by atoms with Gasteiger partial charge in [-0.15, -0.1) is 4.64 Å². The molecule has 3 heteroatoms. The maximum absolute atomic E-state index is 4.34. The van der Waals surface area contributed by atoms with Crippen LogP contribution in [0.3, 0.4) is 0 Å². The summed E-state index contributed by atoms with van der Waals surface area (Å²) in [7, 11) is 1.55. The van der Waals surface area contributed by atoms with Gasteiger partial charge in [0.2, 0.25) is 0 Å². The molecule has 0 unspecified atom stereocenters. The van der Waals surface area contributed by atoms with Gasteiger partial charge in [-0.1, -0.05) is 19.3 Å². The fourth-order valence-electron chi connectivity index (χ4n) is 0.141. The van der Waals surface area contributed by atoms with Gasteiger partial charge in [0, 0.05) is 13.1 Å². The molecule has 0 aromatic carbocycles. The zero-order valence-electron chi connectivity index (χ0n) is 4.88. The molecule has 0 aliphatic rings. The van der Waals surface area contributed by atoms with E-state index in [2.05, 4.69) is 15.3 Å². The number of nitrogens with zero attached hydrogens (tertiary/aromatic N) is 2. The van der Waals surface area contributed by atoms with E-state index >= 15 is 0 Å². The highest BCUT2D eigenvalue weighted by Crippen LogP contribution is 1.86. The summed E-state index contributed by atoms with van der Waals surface area (Å²) in [5.41, 5.74) is 3.31. The zero-order valence-corrected chi connectivity index (χ0v) is 4.88. The molecule has 0 aromatic heterocycles. The second-order valence-electron chi connectivity index (χ2n) is 1.46. The standard InChI is InChI=1S/C4H10N2O/c1-4(2)6-7-5-3/h4H,1-3H3. The van der Waals surface area contributed by atoms with Gasteiger partial charge in [0.15, 0.2) is 0 Å². The number of rotatable bonds is 2. The van der Waals surface area contributed by atoms with E-state index in [9.17, 15) is 0 Å². The van der Waals surface area contributed by atoms with Crippen LogP contribution < -0.4 is 0 Å². The average molecular weight is 102 g/mol. The lowest BCUT2D eigenvalue weighted by Gasteiger charge is -1.85. The molecule has 0 aromatic rings. The first kappa shape index (κ1) is 6.40. The van der Waals surface area contributed by atoms with E-state index in [0.29, 0.717) is 0 Å². The second-order valence-corrected chi connectivity index (χ2v) is 1.46. The van der Waals surface area contributed by atoms with Crippen LogP contribution in [0.4, 0.5) is 0 Å². The van der Waals surface area contributed by atoms with Crippen molar-refractivity contribution in [2.75, 3.05) is 7.05 Å². The van der Waals surface area contributed by atoms with Crippen molar-refractivity contribution in [1.82, 2.24) is 0 Å². The minimum Gasteiger partial charge on any atom is -0.127 e. The van der Waals surface area contributed by atoms with Crippen molar-refractivity contribution >= 4 is 0 Å². The van der Waals surface area contributed by atoms with Gasteiger partial charge in [-0.25, -0.2) is 0 Å². The largest absolute Gasteiger partial charge is 0.127 e. The van der Waals surface area contributed by atoms with Crippen LogP contribution in [0.1, 0.15) is 13.8 Å². The Bertz CT molecular complexity index is 60.7. The molecule has 0 amide bonds. The first-order chi connectivity index (χ1) is 3.27. The number of hydrogen-bond acceptors (Lipinski definition) is 1. The van der Waals surface area contributed by atoms with E-state index in [1.54, 1.807) is 7.05 Å². The quantitative estimate of drug-likeness (QED) is 0.375. The van der Waals surface area contributed by atoms with Crippen molar-refractivity contribution in [1.29, 1.82) is 0 Å². The minimum atomic E-state index is 0.212. The number of hydrogen-bond donors (Lipinski definition) is 0. The highest BCUT2D eigenvalue weighted by atomic mass is 16.6. The molecule has 0 atom stereocenters. The average Bonchev–Trinajstić information content (AvgIpc) is 1.61. The molecule has 0 bridgehead atoms. The molecule has 7 heavy (non-hydrogen) atoms. The SMILES string of the molecule is C[N-][O+]=NC(C)C. The summed E-state index contributed by atoms with van der Waals surface area (Å²) in [6.07, 6.45) is 0. The summed E-state index contributed by atoms with van der Waals surface area (Å²) in [5, 5.41) is 3.58. The molecule has 0 heterocycles. The molecule has 0 aliphatic heterocycles. The van der Waals surface area contributed by atoms with Gasteiger partial charge in [-0.2, -0.15) is 0 Å². The van der Waals surface area contributed by atoms with Crippen molar-refractivity contribution in [3.63, 3.8) is 0 Å². The lowest BCUT2D eigenvalue weighted by molar-refractivity contribution is 0.817. The fraction of sp³-hybridized carbons (Fsp3) is 1.00. The highest BCUT2D eigenvalue weighted by Gasteiger charge is 1.82. The first-order valence-corrected chi connectivity index (χ1v) is 2.23. The van der Waals surface area contributed by atoms with Crippen LogP contribution in [-0.2, 0) is 0 Å². The summed E-state index contributed by atoms with van der Waals surface area (Å²) in [5.74, 6) is 0. The van der Waals surface area contributed by atoms with Crippen LogP contribution in [0.15, 0.2) is 5.18 Å². The molecule has 0 fully saturated rings. The minimum absolute atomic E-state index is 0.212. The fourth-order valence-corrected chi connectivity index (χ4v) is 0.141. The van der Waals surface area contributed by atoms with Gasteiger partial charge < -0.3 is 0 Å². The molecule has 0 spiro atoms. The predicted molar refractivity (Wildman–Crippen MR) is 30.2 cm³/mol. The second kappa shape index (κ2) is 3.59. The molecule has 0 rings (SSSR count). The van der Waals surface area contributed by atoms with Gasteiger partial charge in [0.25, 0.3) is 0 Å². The van der Waals surface area contributed by atoms with Gasteiger partial charge in [-0.05, 0) is 5.18 Å². The summed E-state index contributed by atoms with van der Waals surface area (Å²) in [6.45, 7) is 3.84. The van der Waals surface area contributed by atoms with Crippen LogP contribution in [0.25, 0.3) is 5.48 Å². The van der Waals surface area contributed by atoms with Gasteiger partial charge in [0.05, 0.1) is 0 Å². The van der Waals surface area contributed by atoms with Crippen molar-refractivity contribution < 1.29 is 0 Å². The van der Waals surface area contributed by atoms with E-state index in [-0.39, 0.29) is 6.04 Å². The summed E-state index contributed by atoms with van der Waals surface area (Å²) in [6, 6.07) is 0.212. The third kappa shape index (κ3) is 5.40. The van der Waals surface area contributed by atoms with E-state index in [4.69, 9.17) is 0 Å². The van der Waals surface area contributed by atoms with Gasteiger partial charge in [-0.3, -0.25) is 0 Å². The van der Waals surface area contributed by atoms with Gasteiger partial charge >= 0.3 is 0 Å². The van der Waals surface area contributed by atoms with E-state index < -0.39 is 0 Å². The lowest BCUT2D eigenvalue weighted by atomic mass is 10.4. The smallest absolute Gasteiger partial charge is 0.0456 e. The molecule has 0 N–H and O–H groups in total. The molecule has 0 saturated heterocycles. The molecular formula is C4H10N2O. The zero-order chi connectivity index (χ0) is 5.70. The van der Waals surface area contributed by atoms with Crippen LogP contribution >= 0.6 is 0 Å². The van der Waals surface area contributed by atoms with E-state index in [0.717, 1.165) is 0 Å². The topological polar surface area (TPSA) is 37.8 Å². The molecule has 0 radical (unpaired) electrons. The van der Waals surface area contributed by atoms with Crippen molar-refractivity contribution in [3.05, 3.63) is 10.1 Å². The monoisotopic (exact) mass is 102 g/mol. The third-order valence-corrected chi connectivity index (χ3v) is 0.340. The summed E-state index contributed by atoms with van der Waals surface area (Å²) < 4.78 is 4.34. The molecule has 3 nitrogen and oxygen atoms in total. The summed E-state index contributed by atoms with van der Waals surface area (Å²) in [4.78, 5) is 0.